The Bertz CT molecular complexity index is 731. The van der Waals surface area contributed by atoms with Crippen molar-refractivity contribution in [2.45, 2.75) is 13.8 Å². The highest BCUT2D eigenvalue weighted by Gasteiger charge is 2.19. The minimum Gasteiger partial charge on any atom is -0.320 e. The summed E-state index contributed by atoms with van der Waals surface area (Å²) in [7, 11) is 0. The van der Waals surface area contributed by atoms with Gasteiger partial charge in [0.25, 0.3) is 11.6 Å². The van der Waals surface area contributed by atoms with E-state index in [9.17, 15) is 19.3 Å². The van der Waals surface area contributed by atoms with Gasteiger partial charge in [0, 0.05) is 18.3 Å². The Kier molecular flexibility index (Phi) is 3.93. The van der Waals surface area contributed by atoms with Gasteiger partial charge in [-0.15, -0.1) is 0 Å². The Morgan fingerprint density at radius 1 is 1.29 bits per heavy atom. The van der Waals surface area contributed by atoms with Crippen LogP contribution in [0.2, 0.25) is 0 Å². The van der Waals surface area contributed by atoms with Gasteiger partial charge in [0.2, 0.25) is 0 Å². The van der Waals surface area contributed by atoms with Gasteiger partial charge >= 0.3 is 0 Å². The molecule has 1 aromatic heterocycles. The Balaban J connectivity index is 2.37. The number of carbonyl (C=O) groups is 1. The SMILES string of the molecule is Cc1cncc(NC(=O)c2cc([N+](=O)[O-])cc(C)c2F)c1. The van der Waals surface area contributed by atoms with Gasteiger partial charge in [0.15, 0.2) is 0 Å². The second-order valence-electron chi connectivity index (χ2n) is 4.59. The molecule has 0 aliphatic carbocycles. The van der Waals surface area contributed by atoms with E-state index in [1.165, 1.54) is 13.1 Å². The molecule has 2 rings (SSSR count). The number of pyridine rings is 1. The minimum atomic E-state index is -0.779. The fourth-order valence-electron chi connectivity index (χ4n) is 1.84. The zero-order valence-corrected chi connectivity index (χ0v) is 11.4. The molecule has 0 saturated heterocycles. The molecule has 6 nitrogen and oxygen atoms in total. The number of benzene rings is 1. The van der Waals surface area contributed by atoms with Crippen LogP contribution in [-0.4, -0.2) is 15.8 Å². The number of rotatable bonds is 3. The molecule has 0 fully saturated rings. The molecule has 1 amide bonds. The predicted octanol–water partition coefficient (Wildman–Crippen LogP) is 3.00. The van der Waals surface area contributed by atoms with Gasteiger partial charge in [-0.25, -0.2) is 4.39 Å². The zero-order valence-electron chi connectivity index (χ0n) is 11.4. The largest absolute Gasteiger partial charge is 0.320 e. The number of hydrogen-bond donors (Lipinski definition) is 1. The van der Waals surface area contributed by atoms with Crippen LogP contribution in [-0.2, 0) is 0 Å². The van der Waals surface area contributed by atoms with Gasteiger partial charge in [0.05, 0.1) is 22.4 Å². The third kappa shape index (κ3) is 3.19. The first kappa shape index (κ1) is 14.6. The quantitative estimate of drug-likeness (QED) is 0.695. The fraction of sp³-hybridized carbons (Fsp3) is 0.143. The Labute approximate surface area is 119 Å². The maximum absolute atomic E-state index is 14.0. The number of amides is 1. The number of nitro groups is 1. The van der Waals surface area contributed by atoms with Crippen molar-refractivity contribution in [3.05, 3.63) is 63.2 Å². The lowest BCUT2D eigenvalue weighted by molar-refractivity contribution is -0.385. The smallest absolute Gasteiger partial charge is 0.270 e. The molecule has 21 heavy (non-hydrogen) atoms. The summed E-state index contributed by atoms with van der Waals surface area (Å²) in [4.78, 5) is 26.1. The van der Waals surface area contributed by atoms with Crippen LogP contribution < -0.4 is 5.32 Å². The monoisotopic (exact) mass is 289 g/mol. The zero-order chi connectivity index (χ0) is 15.6. The highest BCUT2D eigenvalue weighted by Crippen LogP contribution is 2.22. The van der Waals surface area contributed by atoms with E-state index in [4.69, 9.17) is 0 Å². The highest BCUT2D eigenvalue weighted by atomic mass is 19.1. The van der Waals surface area contributed by atoms with Crippen LogP contribution in [0.5, 0.6) is 0 Å². The second-order valence-corrected chi connectivity index (χ2v) is 4.59. The van der Waals surface area contributed by atoms with E-state index in [2.05, 4.69) is 10.3 Å². The van der Waals surface area contributed by atoms with Crippen molar-refractivity contribution in [3.63, 3.8) is 0 Å². The van der Waals surface area contributed by atoms with Crippen LogP contribution in [0, 0.1) is 29.8 Å². The lowest BCUT2D eigenvalue weighted by atomic mass is 10.1. The third-order valence-electron chi connectivity index (χ3n) is 2.83. The summed E-state index contributed by atoms with van der Waals surface area (Å²) in [6, 6.07) is 3.66. The molecular formula is C14H12FN3O3. The van der Waals surface area contributed by atoms with Crippen molar-refractivity contribution in [2.24, 2.45) is 0 Å². The predicted molar refractivity (Wildman–Crippen MR) is 74.7 cm³/mol. The van der Waals surface area contributed by atoms with Crippen molar-refractivity contribution < 1.29 is 14.1 Å². The molecule has 0 bridgehead atoms. The first-order valence-corrected chi connectivity index (χ1v) is 6.06. The standard InChI is InChI=1S/C14H12FN3O3/c1-8-3-10(7-16-6-8)17-14(19)12-5-11(18(20)21)4-9(2)13(12)15/h3-7H,1-2H3,(H,17,19). The van der Waals surface area contributed by atoms with E-state index in [0.717, 1.165) is 17.7 Å². The summed E-state index contributed by atoms with van der Waals surface area (Å²) in [6.07, 6.45) is 3.01. The van der Waals surface area contributed by atoms with Crippen molar-refractivity contribution in [2.75, 3.05) is 5.32 Å². The summed E-state index contributed by atoms with van der Waals surface area (Å²) < 4.78 is 14.0. The lowest BCUT2D eigenvalue weighted by Crippen LogP contribution is -2.15. The Morgan fingerprint density at radius 3 is 2.62 bits per heavy atom. The van der Waals surface area contributed by atoms with E-state index in [1.54, 1.807) is 19.2 Å². The average molecular weight is 289 g/mol. The minimum absolute atomic E-state index is 0.0386. The number of nitrogens with one attached hydrogen (secondary N) is 1. The molecular weight excluding hydrogens is 277 g/mol. The summed E-state index contributed by atoms with van der Waals surface area (Å²) >= 11 is 0. The molecule has 7 heteroatoms. The highest BCUT2D eigenvalue weighted by molar-refractivity contribution is 6.05. The number of nitrogens with zero attached hydrogens (tertiary/aromatic N) is 2. The number of nitro benzene ring substituents is 1. The number of hydrogen-bond acceptors (Lipinski definition) is 4. The fourth-order valence-corrected chi connectivity index (χ4v) is 1.84. The maximum Gasteiger partial charge on any atom is 0.270 e. The van der Waals surface area contributed by atoms with Crippen molar-refractivity contribution in [3.8, 4) is 0 Å². The van der Waals surface area contributed by atoms with Gasteiger partial charge < -0.3 is 5.32 Å². The maximum atomic E-state index is 14.0. The van der Waals surface area contributed by atoms with Crippen LogP contribution in [0.25, 0.3) is 0 Å². The Morgan fingerprint density at radius 2 is 2.00 bits per heavy atom. The van der Waals surface area contributed by atoms with Crippen LogP contribution in [0.15, 0.2) is 30.6 Å². The summed E-state index contributed by atoms with van der Waals surface area (Å²) in [5.41, 5.74) is 0.549. The third-order valence-corrected chi connectivity index (χ3v) is 2.83. The molecule has 0 aliphatic rings. The molecule has 0 radical (unpaired) electrons. The molecule has 2 aromatic rings. The van der Waals surface area contributed by atoms with Crippen LogP contribution in [0.3, 0.4) is 0 Å². The molecule has 1 aromatic carbocycles. The molecule has 0 aliphatic heterocycles. The van der Waals surface area contributed by atoms with Gasteiger partial charge in [-0.3, -0.25) is 19.9 Å². The molecule has 1 N–H and O–H groups in total. The lowest BCUT2D eigenvalue weighted by Gasteiger charge is -2.08. The van der Waals surface area contributed by atoms with E-state index < -0.39 is 16.6 Å². The molecule has 1 heterocycles. The molecule has 0 unspecified atom stereocenters. The Hall–Kier alpha value is -2.83. The van der Waals surface area contributed by atoms with Crippen LogP contribution in [0.1, 0.15) is 21.5 Å². The first-order valence-electron chi connectivity index (χ1n) is 6.06. The normalized spacial score (nSPS) is 10.2. The van der Waals surface area contributed by atoms with E-state index >= 15 is 0 Å². The van der Waals surface area contributed by atoms with Crippen molar-refractivity contribution in [1.82, 2.24) is 4.98 Å². The molecule has 0 spiro atoms. The molecule has 108 valence electrons. The van der Waals surface area contributed by atoms with Crippen LogP contribution >= 0.6 is 0 Å². The average Bonchev–Trinajstić information content (AvgIpc) is 2.41. The number of halogens is 1. The number of aryl methyl sites for hydroxylation is 2. The van der Waals surface area contributed by atoms with Crippen molar-refractivity contribution >= 4 is 17.3 Å². The van der Waals surface area contributed by atoms with Gasteiger partial charge in [0.1, 0.15) is 5.82 Å². The van der Waals surface area contributed by atoms with Gasteiger partial charge in [-0.05, 0) is 31.0 Å². The number of anilines is 1. The number of carbonyl (C=O) groups excluding carboxylic acids is 1. The molecule has 0 atom stereocenters. The number of aromatic nitrogens is 1. The van der Waals surface area contributed by atoms with E-state index in [1.807, 2.05) is 0 Å². The molecule has 0 saturated carbocycles. The van der Waals surface area contributed by atoms with Gasteiger partial charge in [-0.1, -0.05) is 0 Å². The number of non-ortho nitro benzene ring substituents is 1. The van der Waals surface area contributed by atoms with E-state index in [0.29, 0.717) is 5.69 Å². The first-order chi connectivity index (χ1) is 9.88. The summed E-state index contributed by atoms with van der Waals surface area (Å²) in [5.74, 6) is -1.54. The summed E-state index contributed by atoms with van der Waals surface area (Å²) in [6.45, 7) is 3.16. The topological polar surface area (TPSA) is 85.1 Å². The van der Waals surface area contributed by atoms with Crippen molar-refractivity contribution in [1.29, 1.82) is 0 Å². The van der Waals surface area contributed by atoms with E-state index in [-0.39, 0.29) is 16.8 Å². The van der Waals surface area contributed by atoms with Crippen LogP contribution in [0.4, 0.5) is 15.8 Å². The summed E-state index contributed by atoms with van der Waals surface area (Å²) in [5, 5.41) is 13.3. The second kappa shape index (κ2) is 5.66. The van der Waals surface area contributed by atoms with Gasteiger partial charge in [-0.2, -0.15) is 0 Å².